The predicted molar refractivity (Wildman–Crippen MR) is 67.1 cm³/mol. The number of fused-ring (bicyclic) bond motifs is 1. The summed E-state index contributed by atoms with van der Waals surface area (Å²) in [5.41, 5.74) is 7.37. The van der Waals surface area contributed by atoms with Gasteiger partial charge in [-0.3, -0.25) is 0 Å². The molecule has 2 rings (SSSR count). The van der Waals surface area contributed by atoms with E-state index in [1.807, 2.05) is 18.5 Å². The van der Waals surface area contributed by atoms with Gasteiger partial charge >= 0.3 is 0 Å². The molecule has 1 unspecified atom stereocenters. The third-order valence-corrected chi connectivity index (χ3v) is 3.12. The van der Waals surface area contributed by atoms with Crippen molar-refractivity contribution in [1.82, 2.24) is 9.55 Å². The molecule has 0 fully saturated rings. The van der Waals surface area contributed by atoms with Crippen LogP contribution in [0.15, 0.2) is 18.2 Å². The van der Waals surface area contributed by atoms with Crippen molar-refractivity contribution in [3.63, 3.8) is 0 Å². The van der Waals surface area contributed by atoms with Crippen LogP contribution in [0.2, 0.25) is 0 Å². The molecule has 0 bridgehead atoms. The highest BCUT2D eigenvalue weighted by atomic mass is 19.1. The summed E-state index contributed by atoms with van der Waals surface area (Å²) >= 11 is 0. The van der Waals surface area contributed by atoms with Crippen molar-refractivity contribution in [1.29, 1.82) is 0 Å². The molecular formula is C13H18FN3. The van der Waals surface area contributed by atoms with E-state index in [9.17, 15) is 4.39 Å². The van der Waals surface area contributed by atoms with E-state index in [2.05, 4.69) is 11.9 Å². The van der Waals surface area contributed by atoms with Crippen LogP contribution in [-0.4, -0.2) is 9.55 Å². The van der Waals surface area contributed by atoms with Crippen molar-refractivity contribution >= 4 is 11.0 Å². The van der Waals surface area contributed by atoms with Crippen LogP contribution in [0.4, 0.5) is 4.39 Å². The van der Waals surface area contributed by atoms with E-state index in [0.29, 0.717) is 0 Å². The molecule has 92 valence electrons. The molecule has 0 aliphatic heterocycles. The van der Waals surface area contributed by atoms with Crippen LogP contribution in [0.5, 0.6) is 0 Å². The van der Waals surface area contributed by atoms with Gasteiger partial charge in [-0.1, -0.05) is 13.3 Å². The van der Waals surface area contributed by atoms with Crippen molar-refractivity contribution in [2.75, 3.05) is 0 Å². The molecule has 0 saturated heterocycles. The largest absolute Gasteiger partial charge is 0.329 e. The molecule has 0 radical (unpaired) electrons. The maximum Gasteiger partial charge on any atom is 0.129 e. The van der Waals surface area contributed by atoms with E-state index in [1.165, 1.54) is 12.1 Å². The molecule has 0 aliphatic rings. The number of benzene rings is 1. The molecule has 0 saturated carbocycles. The first-order valence-electron chi connectivity index (χ1n) is 5.87. The Labute approximate surface area is 100 Å². The van der Waals surface area contributed by atoms with Crippen molar-refractivity contribution in [2.24, 2.45) is 12.8 Å². The molecule has 17 heavy (non-hydrogen) atoms. The number of halogens is 1. The fourth-order valence-electron chi connectivity index (χ4n) is 2.30. The third kappa shape index (κ3) is 2.05. The summed E-state index contributed by atoms with van der Waals surface area (Å²) in [5, 5.41) is 0. The Morgan fingerprint density at radius 3 is 2.82 bits per heavy atom. The average Bonchev–Trinajstić information content (AvgIpc) is 2.57. The first-order chi connectivity index (χ1) is 7.95. The second kappa shape index (κ2) is 4.11. The molecular weight excluding hydrogens is 217 g/mol. The summed E-state index contributed by atoms with van der Waals surface area (Å²) in [6, 6.07) is 4.61. The van der Waals surface area contributed by atoms with Crippen LogP contribution in [0.3, 0.4) is 0 Å². The highest BCUT2D eigenvalue weighted by Gasteiger charge is 2.26. The monoisotopic (exact) mass is 235 g/mol. The van der Waals surface area contributed by atoms with Crippen molar-refractivity contribution in [3.8, 4) is 0 Å². The van der Waals surface area contributed by atoms with Gasteiger partial charge in [-0.15, -0.1) is 0 Å². The minimum absolute atomic E-state index is 0.249. The second-order valence-corrected chi connectivity index (χ2v) is 4.79. The van der Waals surface area contributed by atoms with Crippen molar-refractivity contribution in [3.05, 3.63) is 29.8 Å². The van der Waals surface area contributed by atoms with Crippen LogP contribution in [0.1, 0.15) is 32.5 Å². The standard InChI is InChI=1S/C13H18FN3/c1-4-7-13(2,15)12-16-10-6-5-9(14)8-11(10)17(12)3/h5-6,8H,4,7,15H2,1-3H3. The predicted octanol–water partition coefficient (Wildman–Crippen LogP) is 2.69. The molecule has 1 heterocycles. The minimum Gasteiger partial charge on any atom is -0.329 e. The van der Waals surface area contributed by atoms with Gasteiger partial charge in [0.25, 0.3) is 0 Å². The Hall–Kier alpha value is -1.42. The fraction of sp³-hybridized carbons (Fsp3) is 0.462. The molecule has 0 amide bonds. The lowest BCUT2D eigenvalue weighted by Gasteiger charge is -2.23. The number of imidazole rings is 1. The molecule has 3 nitrogen and oxygen atoms in total. The molecule has 1 atom stereocenters. The first-order valence-corrected chi connectivity index (χ1v) is 5.87. The van der Waals surface area contributed by atoms with Gasteiger partial charge < -0.3 is 10.3 Å². The molecule has 0 spiro atoms. The van der Waals surface area contributed by atoms with Crippen LogP contribution < -0.4 is 5.73 Å². The Morgan fingerprint density at radius 1 is 1.47 bits per heavy atom. The number of rotatable bonds is 3. The van der Waals surface area contributed by atoms with E-state index in [1.54, 1.807) is 6.07 Å². The lowest BCUT2D eigenvalue weighted by Crippen LogP contribution is -2.35. The lowest BCUT2D eigenvalue weighted by molar-refractivity contribution is 0.410. The second-order valence-electron chi connectivity index (χ2n) is 4.79. The first kappa shape index (κ1) is 12.0. The summed E-state index contributed by atoms with van der Waals surface area (Å²) in [7, 11) is 1.88. The molecule has 2 aromatic rings. The zero-order chi connectivity index (χ0) is 12.6. The number of aromatic nitrogens is 2. The van der Waals surface area contributed by atoms with Crippen LogP contribution >= 0.6 is 0 Å². The van der Waals surface area contributed by atoms with E-state index in [-0.39, 0.29) is 5.82 Å². The number of hydrogen-bond donors (Lipinski definition) is 1. The lowest BCUT2D eigenvalue weighted by atomic mass is 9.97. The topological polar surface area (TPSA) is 43.8 Å². The zero-order valence-corrected chi connectivity index (χ0v) is 10.5. The number of nitrogens with zero attached hydrogens (tertiary/aromatic N) is 2. The molecule has 2 N–H and O–H groups in total. The van der Waals surface area contributed by atoms with E-state index in [0.717, 1.165) is 29.7 Å². The van der Waals surface area contributed by atoms with Crippen LogP contribution in [0.25, 0.3) is 11.0 Å². The number of aryl methyl sites for hydroxylation is 1. The zero-order valence-electron chi connectivity index (χ0n) is 10.5. The van der Waals surface area contributed by atoms with Crippen molar-refractivity contribution < 1.29 is 4.39 Å². The quantitative estimate of drug-likeness (QED) is 0.888. The summed E-state index contributed by atoms with van der Waals surface area (Å²) in [6.07, 6.45) is 1.84. The Balaban J connectivity index is 2.60. The van der Waals surface area contributed by atoms with Gasteiger partial charge in [-0.05, 0) is 31.5 Å². The van der Waals surface area contributed by atoms with Crippen molar-refractivity contribution in [2.45, 2.75) is 32.2 Å². The van der Waals surface area contributed by atoms with Gasteiger partial charge in [0.2, 0.25) is 0 Å². The molecule has 4 heteroatoms. The SMILES string of the molecule is CCCC(C)(N)c1nc2ccc(F)cc2n1C. The maximum absolute atomic E-state index is 13.2. The van der Waals surface area contributed by atoms with Gasteiger partial charge in [-0.25, -0.2) is 9.37 Å². The minimum atomic E-state index is -0.473. The third-order valence-electron chi connectivity index (χ3n) is 3.12. The Kier molecular flexibility index (Phi) is 2.91. The normalized spacial score (nSPS) is 15.1. The summed E-state index contributed by atoms with van der Waals surface area (Å²) < 4.78 is 15.1. The Morgan fingerprint density at radius 2 is 2.18 bits per heavy atom. The summed E-state index contributed by atoms with van der Waals surface area (Å²) in [4.78, 5) is 4.51. The maximum atomic E-state index is 13.2. The van der Waals surface area contributed by atoms with Gasteiger partial charge in [0, 0.05) is 7.05 Å². The highest BCUT2D eigenvalue weighted by Crippen LogP contribution is 2.26. The highest BCUT2D eigenvalue weighted by molar-refractivity contribution is 5.76. The summed E-state index contributed by atoms with van der Waals surface area (Å²) in [5.74, 6) is 0.557. The molecule has 1 aromatic heterocycles. The fourth-order valence-corrected chi connectivity index (χ4v) is 2.30. The van der Waals surface area contributed by atoms with E-state index >= 15 is 0 Å². The van der Waals surface area contributed by atoms with Gasteiger partial charge in [0.1, 0.15) is 11.6 Å². The molecule has 1 aromatic carbocycles. The number of nitrogens with two attached hydrogens (primary N) is 1. The van der Waals surface area contributed by atoms with E-state index in [4.69, 9.17) is 5.73 Å². The number of hydrogen-bond acceptors (Lipinski definition) is 2. The van der Waals surface area contributed by atoms with E-state index < -0.39 is 5.54 Å². The summed E-state index contributed by atoms with van der Waals surface area (Å²) in [6.45, 7) is 4.06. The smallest absolute Gasteiger partial charge is 0.129 e. The van der Waals surface area contributed by atoms with Gasteiger partial charge in [-0.2, -0.15) is 0 Å². The van der Waals surface area contributed by atoms with Gasteiger partial charge in [0.15, 0.2) is 0 Å². The van der Waals surface area contributed by atoms with Gasteiger partial charge in [0.05, 0.1) is 16.6 Å². The van der Waals surface area contributed by atoms with Crippen LogP contribution in [0, 0.1) is 5.82 Å². The Bertz CT molecular complexity index is 543. The van der Waals surface area contributed by atoms with Crippen LogP contribution in [-0.2, 0) is 12.6 Å². The molecule has 0 aliphatic carbocycles. The average molecular weight is 235 g/mol.